The van der Waals surface area contributed by atoms with E-state index in [0.29, 0.717) is 11.4 Å². The first-order chi connectivity index (χ1) is 17.1. The van der Waals surface area contributed by atoms with Crippen LogP contribution in [-0.2, 0) is 6.42 Å². The average molecular weight is 480 g/mol. The van der Waals surface area contributed by atoms with Crippen LogP contribution in [0.3, 0.4) is 0 Å². The van der Waals surface area contributed by atoms with E-state index in [-0.39, 0.29) is 11.3 Å². The molecule has 2 aliphatic heterocycles. The first-order valence-electron chi connectivity index (χ1n) is 13.3. The number of nitrogens with zero attached hydrogens (tertiary/aromatic N) is 3. The van der Waals surface area contributed by atoms with Gasteiger partial charge in [-0.05, 0) is 68.2 Å². The lowest BCUT2D eigenvalue weighted by atomic mass is 9.73. The molecule has 190 valence electrons. The Morgan fingerprint density at radius 3 is 2.74 bits per heavy atom. The standard InChI is InChI=1S/C29H41N3O3/c1-3-4-17-31-20-21-35-27-11-6-5-9-24(27)10-7-8-13-29(23-31)14-18-32(19-15-29)28(33)26-22-25(34-2)12-16-30-26/h5-6,9,11-12,16,22H,3-4,7-8,10,13-15,17-21,23H2,1-2H3. The Kier molecular flexibility index (Phi) is 9.02. The largest absolute Gasteiger partial charge is 0.497 e. The third-order valence-electron chi connectivity index (χ3n) is 7.73. The van der Waals surface area contributed by atoms with Gasteiger partial charge in [-0.1, -0.05) is 38.0 Å². The first-order valence-corrected chi connectivity index (χ1v) is 13.3. The third kappa shape index (κ3) is 6.75. The van der Waals surface area contributed by atoms with Crippen LogP contribution in [0.4, 0.5) is 0 Å². The number of unbranched alkanes of at least 4 members (excludes halogenated alkanes) is 1. The van der Waals surface area contributed by atoms with Gasteiger partial charge in [0.25, 0.3) is 5.91 Å². The number of amides is 1. The van der Waals surface area contributed by atoms with Crippen molar-refractivity contribution in [2.24, 2.45) is 5.41 Å². The highest BCUT2D eigenvalue weighted by molar-refractivity contribution is 5.92. The van der Waals surface area contributed by atoms with E-state index in [9.17, 15) is 4.79 Å². The lowest BCUT2D eigenvalue weighted by Crippen LogP contribution is -2.49. The Morgan fingerprint density at radius 1 is 1.11 bits per heavy atom. The van der Waals surface area contributed by atoms with E-state index in [1.54, 1.807) is 25.4 Å². The molecule has 0 atom stereocenters. The molecule has 0 unspecified atom stereocenters. The molecule has 6 heteroatoms. The van der Waals surface area contributed by atoms with E-state index in [1.165, 1.54) is 37.7 Å². The van der Waals surface area contributed by atoms with Crippen LogP contribution in [0.25, 0.3) is 0 Å². The minimum atomic E-state index is 0.0137. The van der Waals surface area contributed by atoms with Crippen molar-refractivity contribution >= 4 is 5.91 Å². The predicted octanol–water partition coefficient (Wildman–Crippen LogP) is 5.22. The van der Waals surface area contributed by atoms with Gasteiger partial charge in [-0.25, -0.2) is 0 Å². The minimum absolute atomic E-state index is 0.0137. The molecule has 2 aromatic rings. The molecule has 1 amide bonds. The number of pyridine rings is 1. The van der Waals surface area contributed by atoms with Crippen LogP contribution in [-0.4, -0.2) is 67.1 Å². The number of piperidine rings is 1. The topological polar surface area (TPSA) is 54.9 Å². The van der Waals surface area contributed by atoms with Crippen molar-refractivity contribution in [1.82, 2.24) is 14.8 Å². The summed E-state index contributed by atoms with van der Waals surface area (Å²) in [5.74, 6) is 1.74. The molecule has 0 bridgehead atoms. The van der Waals surface area contributed by atoms with Gasteiger partial charge in [0.05, 0.1) is 7.11 Å². The molecule has 0 saturated carbocycles. The molecule has 4 rings (SSSR count). The van der Waals surface area contributed by atoms with E-state index < -0.39 is 0 Å². The lowest BCUT2D eigenvalue weighted by Gasteiger charge is -2.45. The second-order valence-electron chi connectivity index (χ2n) is 10.2. The smallest absolute Gasteiger partial charge is 0.272 e. The fourth-order valence-corrected chi connectivity index (χ4v) is 5.57. The molecule has 35 heavy (non-hydrogen) atoms. The molecule has 3 heterocycles. The lowest BCUT2D eigenvalue weighted by molar-refractivity contribution is 0.0371. The van der Waals surface area contributed by atoms with Crippen LogP contribution in [0.2, 0.25) is 0 Å². The fourth-order valence-electron chi connectivity index (χ4n) is 5.57. The number of aryl methyl sites for hydroxylation is 1. The number of fused-ring (bicyclic) bond motifs is 1. The second-order valence-corrected chi connectivity index (χ2v) is 10.2. The van der Waals surface area contributed by atoms with Crippen molar-refractivity contribution < 1.29 is 14.3 Å². The second kappa shape index (κ2) is 12.4. The normalized spacial score (nSPS) is 19.2. The minimum Gasteiger partial charge on any atom is -0.497 e. The van der Waals surface area contributed by atoms with Crippen molar-refractivity contribution in [3.8, 4) is 11.5 Å². The molecule has 1 aromatic heterocycles. The predicted molar refractivity (Wildman–Crippen MR) is 139 cm³/mol. The highest BCUT2D eigenvalue weighted by Crippen LogP contribution is 2.39. The highest BCUT2D eigenvalue weighted by Gasteiger charge is 2.37. The Balaban J connectivity index is 1.45. The number of carbonyl (C=O) groups excluding carboxylic acids is 1. The highest BCUT2D eigenvalue weighted by atomic mass is 16.5. The Hall–Kier alpha value is -2.60. The van der Waals surface area contributed by atoms with Crippen molar-refractivity contribution in [2.75, 3.05) is 46.4 Å². The van der Waals surface area contributed by atoms with Crippen molar-refractivity contribution in [1.29, 1.82) is 0 Å². The summed E-state index contributed by atoms with van der Waals surface area (Å²) in [6.07, 6.45) is 10.8. The number of carbonyl (C=O) groups is 1. The van der Waals surface area contributed by atoms with E-state index >= 15 is 0 Å². The molecule has 0 N–H and O–H groups in total. The van der Waals surface area contributed by atoms with Crippen LogP contribution in [0, 0.1) is 5.41 Å². The maximum Gasteiger partial charge on any atom is 0.272 e. The summed E-state index contributed by atoms with van der Waals surface area (Å²) in [7, 11) is 1.62. The van der Waals surface area contributed by atoms with Gasteiger partial charge in [0.15, 0.2) is 0 Å². The van der Waals surface area contributed by atoms with Crippen LogP contribution >= 0.6 is 0 Å². The number of aromatic nitrogens is 1. The summed E-state index contributed by atoms with van der Waals surface area (Å²) >= 11 is 0. The molecular weight excluding hydrogens is 438 g/mol. The summed E-state index contributed by atoms with van der Waals surface area (Å²) < 4.78 is 11.5. The maximum absolute atomic E-state index is 13.1. The summed E-state index contributed by atoms with van der Waals surface area (Å²) in [6.45, 7) is 7.72. The number of hydrogen-bond acceptors (Lipinski definition) is 5. The van der Waals surface area contributed by atoms with Crippen LogP contribution < -0.4 is 9.47 Å². The number of para-hydroxylation sites is 1. The van der Waals surface area contributed by atoms with Crippen LogP contribution in [0.5, 0.6) is 11.5 Å². The molecule has 1 spiro atoms. The third-order valence-corrected chi connectivity index (χ3v) is 7.73. The van der Waals surface area contributed by atoms with E-state index in [4.69, 9.17) is 9.47 Å². The molecule has 6 nitrogen and oxygen atoms in total. The Labute approximate surface area is 210 Å². The molecular formula is C29H41N3O3. The monoisotopic (exact) mass is 479 g/mol. The SMILES string of the molecule is CCCCN1CCOc2ccccc2CCCCC2(CCN(C(=O)c3cc(OC)ccn3)CC2)C1. The summed E-state index contributed by atoms with van der Waals surface area (Å²) in [5, 5.41) is 0. The van der Waals surface area contributed by atoms with Crippen molar-refractivity contribution in [3.05, 3.63) is 53.9 Å². The zero-order valence-corrected chi connectivity index (χ0v) is 21.5. The number of likely N-dealkylation sites (tertiary alicyclic amines) is 1. The molecule has 1 fully saturated rings. The molecule has 2 aliphatic rings. The molecule has 0 aliphatic carbocycles. The van der Waals surface area contributed by atoms with E-state index in [1.807, 2.05) is 4.90 Å². The summed E-state index contributed by atoms with van der Waals surface area (Å²) in [6, 6.07) is 12.0. The fraction of sp³-hybridized carbons (Fsp3) is 0.586. The van der Waals surface area contributed by atoms with Crippen molar-refractivity contribution in [2.45, 2.75) is 58.3 Å². The number of methoxy groups -OCH3 is 1. The molecule has 1 aromatic carbocycles. The van der Waals surface area contributed by atoms with Gasteiger partial charge in [-0.3, -0.25) is 14.7 Å². The van der Waals surface area contributed by atoms with E-state index in [2.05, 4.69) is 41.1 Å². The molecule has 0 radical (unpaired) electrons. The average Bonchev–Trinajstić information content (AvgIpc) is 2.90. The maximum atomic E-state index is 13.1. The quantitative estimate of drug-likeness (QED) is 0.589. The van der Waals surface area contributed by atoms with Gasteiger partial charge >= 0.3 is 0 Å². The van der Waals surface area contributed by atoms with Gasteiger partial charge in [0.2, 0.25) is 0 Å². The van der Waals surface area contributed by atoms with Crippen molar-refractivity contribution in [3.63, 3.8) is 0 Å². The number of benzene rings is 1. The van der Waals surface area contributed by atoms with Gasteiger partial charge in [-0.15, -0.1) is 0 Å². The Morgan fingerprint density at radius 2 is 1.94 bits per heavy atom. The summed E-state index contributed by atoms with van der Waals surface area (Å²) in [5.41, 5.74) is 2.05. The van der Waals surface area contributed by atoms with Gasteiger partial charge in [0.1, 0.15) is 23.8 Å². The van der Waals surface area contributed by atoms with Crippen LogP contribution in [0.1, 0.15) is 67.9 Å². The first kappa shape index (κ1) is 25.5. The Bertz CT molecular complexity index is 956. The number of hydrogen-bond donors (Lipinski definition) is 0. The number of rotatable bonds is 5. The zero-order chi connectivity index (χ0) is 24.5. The van der Waals surface area contributed by atoms with Crippen LogP contribution in [0.15, 0.2) is 42.6 Å². The van der Waals surface area contributed by atoms with E-state index in [0.717, 1.165) is 64.3 Å². The zero-order valence-electron chi connectivity index (χ0n) is 21.5. The van der Waals surface area contributed by atoms with Gasteiger partial charge in [0, 0.05) is 38.4 Å². The van der Waals surface area contributed by atoms with Gasteiger partial charge < -0.3 is 14.4 Å². The number of ether oxygens (including phenoxy) is 2. The molecule has 1 saturated heterocycles. The summed E-state index contributed by atoms with van der Waals surface area (Å²) in [4.78, 5) is 22.1. The van der Waals surface area contributed by atoms with Gasteiger partial charge in [-0.2, -0.15) is 0 Å².